The molecular formula is C37H39BrO6. The molecule has 2 heterocycles. The molecule has 1 N–H and O–H groups in total. The van der Waals surface area contributed by atoms with E-state index >= 15 is 0 Å². The molecule has 4 aromatic rings. The Labute approximate surface area is 268 Å². The van der Waals surface area contributed by atoms with Gasteiger partial charge >= 0.3 is 0 Å². The number of fused-ring (bicyclic) bond motifs is 1. The van der Waals surface area contributed by atoms with Crippen molar-refractivity contribution in [2.24, 2.45) is 0 Å². The van der Waals surface area contributed by atoms with Gasteiger partial charge in [0.05, 0.1) is 44.2 Å². The Morgan fingerprint density at radius 3 is 2.23 bits per heavy atom. The second-order valence-corrected chi connectivity index (χ2v) is 12.4. The summed E-state index contributed by atoms with van der Waals surface area (Å²) in [5.74, 6) is 1.56. The van der Waals surface area contributed by atoms with Gasteiger partial charge in [0.15, 0.2) is 11.5 Å². The monoisotopic (exact) mass is 658 g/mol. The van der Waals surface area contributed by atoms with E-state index < -0.39 is 0 Å². The summed E-state index contributed by atoms with van der Waals surface area (Å²) in [4.78, 5) is 0. The van der Waals surface area contributed by atoms with Gasteiger partial charge in [-0.15, -0.1) is 0 Å². The van der Waals surface area contributed by atoms with Crippen molar-refractivity contribution in [3.63, 3.8) is 0 Å². The van der Waals surface area contributed by atoms with Gasteiger partial charge in [-0.1, -0.05) is 88.7 Å². The molecule has 2 aliphatic heterocycles. The first-order valence-corrected chi connectivity index (χ1v) is 16.1. The van der Waals surface area contributed by atoms with E-state index in [1.54, 1.807) is 0 Å². The lowest BCUT2D eigenvalue weighted by Gasteiger charge is -2.39. The molecule has 4 atom stereocenters. The number of hydrogen-bond acceptors (Lipinski definition) is 6. The van der Waals surface area contributed by atoms with E-state index in [1.165, 1.54) is 0 Å². The molecule has 0 amide bonds. The molecule has 0 radical (unpaired) electrons. The molecule has 44 heavy (non-hydrogen) atoms. The van der Waals surface area contributed by atoms with Crippen LogP contribution in [-0.2, 0) is 40.5 Å². The van der Waals surface area contributed by atoms with Gasteiger partial charge in [0.2, 0.25) is 0 Å². The minimum atomic E-state index is -0.258. The molecule has 4 aromatic carbocycles. The summed E-state index contributed by atoms with van der Waals surface area (Å²) in [6.45, 7) is 4.16. The molecule has 6 nitrogen and oxygen atoms in total. The first-order valence-electron chi connectivity index (χ1n) is 15.3. The highest BCUT2D eigenvalue weighted by atomic mass is 79.9. The number of rotatable bonds is 11. The predicted octanol–water partition coefficient (Wildman–Crippen LogP) is 7.71. The lowest BCUT2D eigenvalue weighted by molar-refractivity contribution is -0.165. The van der Waals surface area contributed by atoms with E-state index in [4.69, 9.17) is 23.7 Å². The molecule has 230 valence electrons. The maximum absolute atomic E-state index is 10.4. The van der Waals surface area contributed by atoms with Crippen molar-refractivity contribution in [2.45, 2.75) is 70.4 Å². The number of aliphatic hydroxyl groups excluding tert-OH is 1. The molecule has 0 aliphatic carbocycles. The van der Waals surface area contributed by atoms with Gasteiger partial charge in [-0.05, 0) is 64.9 Å². The maximum atomic E-state index is 10.4. The summed E-state index contributed by atoms with van der Waals surface area (Å²) in [6, 6.07) is 30.7. The summed E-state index contributed by atoms with van der Waals surface area (Å²) in [7, 11) is 0. The maximum Gasteiger partial charge on any atom is 0.161 e. The van der Waals surface area contributed by atoms with Crippen LogP contribution in [0.25, 0.3) is 0 Å². The van der Waals surface area contributed by atoms with Crippen molar-refractivity contribution in [3.8, 4) is 11.5 Å². The van der Waals surface area contributed by atoms with E-state index in [-0.39, 0.29) is 31.0 Å². The van der Waals surface area contributed by atoms with Gasteiger partial charge in [-0.3, -0.25) is 0 Å². The van der Waals surface area contributed by atoms with Gasteiger partial charge < -0.3 is 28.8 Å². The minimum Gasteiger partial charge on any atom is -0.486 e. The molecule has 1 saturated heterocycles. The Kier molecular flexibility index (Phi) is 10.3. The second-order valence-electron chi connectivity index (χ2n) is 11.5. The predicted molar refractivity (Wildman–Crippen MR) is 173 cm³/mol. The fraction of sp³-hybridized carbons (Fsp3) is 0.351. The number of hydrogen-bond donors (Lipinski definition) is 1. The molecule has 0 aromatic heterocycles. The number of benzene rings is 4. The van der Waals surface area contributed by atoms with Gasteiger partial charge in [0.1, 0.15) is 13.2 Å². The van der Waals surface area contributed by atoms with Crippen LogP contribution in [0, 0.1) is 0 Å². The molecular weight excluding hydrogens is 620 g/mol. The molecule has 7 heteroatoms. The number of aliphatic hydroxyl groups is 1. The van der Waals surface area contributed by atoms with Crippen LogP contribution in [0.15, 0.2) is 95.5 Å². The van der Waals surface area contributed by atoms with Crippen molar-refractivity contribution in [1.29, 1.82) is 0 Å². The van der Waals surface area contributed by atoms with Crippen LogP contribution in [0.2, 0.25) is 0 Å². The summed E-state index contributed by atoms with van der Waals surface area (Å²) >= 11 is 3.77. The zero-order chi connectivity index (χ0) is 30.3. The fourth-order valence-electron chi connectivity index (χ4n) is 5.92. The van der Waals surface area contributed by atoms with Gasteiger partial charge in [-0.25, -0.2) is 0 Å². The highest BCUT2D eigenvalue weighted by molar-refractivity contribution is 9.10. The van der Waals surface area contributed by atoms with Crippen molar-refractivity contribution in [3.05, 3.63) is 129 Å². The molecule has 6 rings (SSSR count). The van der Waals surface area contributed by atoms with Crippen LogP contribution in [0.1, 0.15) is 59.3 Å². The van der Waals surface area contributed by atoms with E-state index in [0.29, 0.717) is 39.3 Å². The highest BCUT2D eigenvalue weighted by Gasteiger charge is 2.35. The molecule has 1 fully saturated rings. The molecule has 0 saturated carbocycles. The standard InChI is InChI=1S/C37H39BrO6/c1-25(42-23-26-8-4-2-5-9-26)35-20-31(43-24-27-10-6-3-7-11-27)21-36(44-35)32-18-29(33(38)19-30(32)22-39)16-28-12-13-34-37(17-28)41-15-14-40-34/h2-13,17-19,25,31,35-36,39H,14-16,20-24H2,1H3. The first kappa shape index (κ1) is 30.8. The van der Waals surface area contributed by atoms with Crippen LogP contribution in [0.4, 0.5) is 0 Å². The Balaban J connectivity index is 1.24. The normalized spacial score (nSPS) is 20.3. The number of ether oxygens (including phenoxy) is 5. The van der Waals surface area contributed by atoms with Crippen molar-refractivity contribution in [2.75, 3.05) is 13.2 Å². The van der Waals surface area contributed by atoms with Crippen LogP contribution in [0.5, 0.6) is 11.5 Å². The van der Waals surface area contributed by atoms with Crippen molar-refractivity contribution in [1.82, 2.24) is 0 Å². The Hall–Kier alpha value is -3.20. The third kappa shape index (κ3) is 7.71. The smallest absolute Gasteiger partial charge is 0.161 e. The van der Waals surface area contributed by atoms with Crippen molar-refractivity contribution >= 4 is 15.9 Å². The van der Waals surface area contributed by atoms with Crippen LogP contribution < -0.4 is 9.47 Å². The minimum absolute atomic E-state index is 0.0295. The largest absolute Gasteiger partial charge is 0.486 e. The van der Waals surface area contributed by atoms with E-state index in [1.807, 2.05) is 54.6 Å². The van der Waals surface area contributed by atoms with Crippen LogP contribution >= 0.6 is 15.9 Å². The second kappa shape index (κ2) is 14.7. The first-order chi connectivity index (χ1) is 21.6. The van der Waals surface area contributed by atoms with E-state index in [0.717, 1.165) is 55.8 Å². The van der Waals surface area contributed by atoms with E-state index in [9.17, 15) is 5.11 Å². The Morgan fingerprint density at radius 2 is 1.50 bits per heavy atom. The third-order valence-electron chi connectivity index (χ3n) is 8.35. The average Bonchev–Trinajstić information content (AvgIpc) is 3.07. The van der Waals surface area contributed by atoms with Crippen LogP contribution in [0.3, 0.4) is 0 Å². The Morgan fingerprint density at radius 1 is 0.795 bits per heavy atom. The van der Waals surface area contributed by atoms with E-state index in [2.05, 4.69) is 59.3 Å². The summed E-state index contributed by atoms with van der Waals surface area (Å²) < 4.78 is 32.1. The zero-order valence-electron chi connectivity index (χ0n) is 25.0. The lowest BCUT2D eigenvalue weighted by Crippen LogP contribution is -2.40. The van der Waals surface area contributed by atoms with Gasteiger partial charge in [0.25, 0.3) is 0 Å². The molecule has 0 bridgehead atoms. The van der Waals surface area contributed by atoms with Crippen LogP contribution in [-0.4, -0.2) is 36.6 Å². The molecule has 0 spiro atoms. The quantitative estimate of drug-likeness (QED) is 0.178. The molecule has 2 aliphatic rings. The summed E-state index contributed by atoms with van der Waals surface area (Å²) in [6.07, 6.45) is 1.50. The zero-order valence-corrected chi connectivity index (χ0v) is 26.6. The topological polar surface area (TPSA) is 66.4 Å². The highest BCUT2D eigenvalue weighted by Crippen LogP contribution is 2.39. The van der Waals surface area contributed by atoms with Gasteiger partial charge in [-0.2, -0.15) is 0 Å². The Bertz CT molecular complexity index is 1510. The summed E-state index contributed by atoms with van der Waals surface area (Å²) in [5.41, 5.74) is 6.32. The fourth-order valence-corrected chi connectivity index (χ4v) is 6.45. The third-order valence-corrected chi connectivity index (χ3v) is 9.08. The van der Waals surface area contributed by atoms with Gasteiger partial charge in [0, 0.05) is 17.3 Å². The molecule has 4 unspecified atom stereocenters. The number of halogens is 1. The summed E-state index contributed by atoms with van der Waals surface area (Å²) in [5, 5.41) is 10.4. The van der Waals surface area contributed by atoms with Crippen molar-refractivity contribution < 1.29 is 28.8 Å². The SMILES string of the molecule is CC(OCc1ccccc1)C1CC(OCc2ccccc2)CC(c2cc(Cc3ccc4c(c3)OCCO4)c(Br)cc2CO)O1. The lowest BCUT2D eigenvalue weighted by atomic mass is 9.89. The average molecular weight is 660 g/mol.